The Morgan fingerprint density at radius 3 is 2.48 bits per heavy atom. The largest absolute Gasteiger partial charge is 0.366 e. The second-order valence-electron chi connectivity index (χ2n) is 7.03. The van der Waals surface area contributed by atoms with E-state index in [9.17, 15) is 8.42 Å². The van der Waals surface area contributed by atoms with Gasteiger partial charge in [-0.3, -0.25) is 0 Å². The molecule has 132 valence electrons. The topological polar surface area (TPSA) is 40.6 Å². The summed E-state index contributed by atoms with van der Waals surface area (Å²) in [5.41, 5.74) is 3.67. The van der Waals surface area contributed by atoms with Crippen LogP contribution in [0.3, 0.4) is 0 Å². The molecule has 1 fully saturated rings. The molecule has 5 heteroatoms. The van der Waals surface area contributed by atoms with Crippen LogP contribution in [0.5, 0.6) is 0 Å². The molecule has 4 rings (SSSR count). The summed E-state index contributed by atoms with van der Waals surface area (Å²) in [6, 6.07) is 16.1. The third-order valence-corrected chi connectivity index (χ3v) is 7.25. The number of anilines is 1. The molecule has 1 aliphatic carbocycles. The van der Waals surface area contributed by atoms with Crippen LogP contribution < -0.4 is 4.90 Å². The van der Waals surface area contributed by atoms with Gasteiger partial charge in [-0.1, -0.05) is 24.3 Å². The van der Waals surface area contributed by atoms with Gasteiger partial charge in [-0.15, -0.1) is 0 Å². The van der Waals surface area contributed by atoms with Gasteiger partial charge in [-0.05, 0) is 61.6 Å². The maximum Gasteiger partial charge on any atom is 0.243 e. The van der Waals surface area contributed by atoms with Crippen LogP contribution in [0, 0.1) is 0 Å². The Hall–Kier alpha value is -1.85. The third kappa shape index (κ3) is 3.07. The maximum atomic E-state index is 13.1. The fraction of sp³-hybridized carbons (Fsp3) is 0.400. The molecule has 1 heterocycles. The number of nitrogens with zero attached hydrogens (tertiary/aromatic N) is 2. The first-order valence-electron chi connectivity index (χ1n) is 8.99. The zero-order chi connectivity index (χ0) is 17.4. The van der Waals surface area contributed by atoms with Gasteiger partial charge in [0.25, 0.3) is 0 Å². The van der Waals surface area contributed by atoms with Crippen molar-refractivity contribution in [3.05, 3.63) is 59.7 Å². The molecule has 2 aliphatic rings. The Bertz CT molecular complexity index is 865. The van der Waals surface area contributed by atoms with E-state index in [-0.39, 0.29) is 6.04 Å². The van der Waals surface area contributed by atoms with Crippen molar-refractivity contribution in [2.45, 2.75) is 37.1 Å². The molecule has 25 heavy (non-hydrogen) atoms. The summed E-state index contributed by atoms with van der Waals surface area (Å²) >= 11 is 0. The molecule has 0 saturated carbocycles. The van der Waals surface area contributed by atoms with Gasteiger partial charge in [0, 0.05) is 31.4 Å². The van der Waals surface area contributed by atoms with Gasteiger partial charge >= 0.3 is 0 Å². The molecular weight excluding hydrogens is 332 g/mol. The molecular formula is C20H24N2O2S. The summed E-state index contributed by atoms with van der Waals surface area (Å²) in [5.74, 6) is 0. The van der Waals surface area contributed by atoms with Crippen LogP contribution in [-0.4, -0.2) is 38.4 Å². The van der Waals surface area contributed by atoms with Crippen molar-refractivity contribution >= 4 is 15.7 Å². The molecule has 0 radical (unpaired) electrons. The Morgan fingerprint density at radius 2 is 1.72 bits per heavy atom. The molecule has 1 aliphatic heterocycles. The quantitative estimate of drug-likeness (QED) is 0.849. The predicted molar refractivity (Wildman–Crippen MR) is 100 cm³/mol. The zero-order valence-electron chi connectivity index (χ0n) is 14.6. The highest BCUT2D eigenvalue weighted by atomic mass is 32.2. The van der Waals surface area contributed by atoms with Crippen LogP contribution in [0.25, 0.3) is 0 Å². The third-order valence-electron chi connectivity index (χ3n) is 5.39. The van der Waals surface area contributed by atoms with Crippen LogP contribution in [-0.2, 0) is 22.9 Å². The van der Waals surface area contributed by atoms with Crippen molar-refractivity contribution in [2.75, 3.05) is 24.5 Å². The number of hydrogen-bond donors (Lipinski definition) is 0. The molecule has 0 spiro atoms. The number of sulfonamides is 1. The summed E-state index contributed by atoms with van der Waals surface area (Å²) in [6.45, 7) is 3.86. The first kappa shape index (κ1) is 16.6. The minimum Gasteiger partial charge on any atom is -0.366 e. The van der Waals surface area contributed by atoms with Crippen molar-refractivity contribution in [2.24, 2.45) is 0 Å². The second-order valence-corrected chi connectivity index (χ2v) is 8.96. The molecule has 0 bridgehead atoms. The van der Waals surface area contributed by atoms with E-state index < -0.39 is 10.0 Å². The standard InChI is InChI=1S/C20H24N2O2S/c1-16-15-21(12-13-22(16)19-8-3-2-4-9-19)25(23,24)20-11-10-17-6-5-7-18(17)14-20/h2-4,8-11,14,16H,5-7,12-13,15H2,1H3. The van der Waals surface area contributed by atoms with Gasteiger partial charge in [0.1, 0.15) is 0 Å². The summed E-state index contributed by atoms with van der Waals surface area (Å²) in [5, 5.41) is 0. The minimum absolute atomic E-state index is 0.153. The minimum atomic E-state index is -3.42. The molecule has 4 nitrogen and oxygen atoms in total. The van der Waals surface area contributed by atoms with Gasteiger partial charge in [0.2, 0.25) is 10.0 Å². The second kappa shape index (κ2) is 6.46. The van der Waals surface area contributed by atoms with Crippen molar-refractivity contribution in [1.29, 1.82) is 0 Å². The smallest absolute Gasteiger partial charge is 0.243 e. The number of hydrogen-bond acceptors (Lipinski definition) is 3. The van der Waals surface area contributed by atoms with Crippen molar-refractivity contribution < 1.29 is 8.42 Å². The highest BCUT2D eigenvalue weighted by Gasteiger charge is 2.32. The summed E-state index contributed by atoms with van der Waals surface area (Å²) in [4.78, 5) is 2.74. The molecule has 0 aromatic heterocycles. The van der Waals surface area contributed by atoms with Crippen LogP contribution in [0.15, 0.2) is 53.4 Å². The van der Waals surface area contributed by atoms with E-state index in [4.69, 9.17) is 0 Å². The lowest BCUT2D eigenvalue weighted by Crippen LogP contribution is -2.53. The molecule has 1 atom stereocenters. The lowest BCUT2D eigenvalue weighted by molar-refractivity contribution is 0.342. The number of benzene rings is 2. The SMILES string of the molecule is CC1CN(S(=O)(=O)c2ccc3c(c2)CCC3)CCN1c1ccccc1. The van der Waals surface area contributed by atoms with Crippen LogP contribution >= 0.6 is 0 Å². The molecule has 1 unspecified atom stereocenters. The Balaban J connectivity index is 1.55. The van der Waals surface area contributed by atoms with E-state index in [0.717, 1.165) is 31.5 Å². The maximum absolute atomic E-state index is 13.1. The summed E-state index contributed by atoms with van der Waals surface area (Å²) < 4.78 is 27.8. The zero-order valence-corrected chi connectivity index (χ0v) is 15.4. The van der Waals surface area contributed by atoms with Crippen LogP contribution in [0.1, 0.15) is 24.5 Å². The van der Waals surface area contributed by atoms with Crippen LogP contribution in [0.4, 0.5) is 5.69 Å². The molecule has 2 aromatic carbocycles. The Labute approximate surface area is 150 Å². The average molecular weight is 356 g/mol. The first-order chi connectivity index (χ1) is 12.1. The number of piperazine rings is 1. The Kier molecular flexibility index (Phi) is 4.29. The number of para-hydroxylation sites is 1. The lowest BCUT2D eigenvalue weighted by Gasteiger charge is -2.40. The molecule has 0 amide bonds. The fourth-order valence-electron chi connectivity index (χ4n) is 4.00. The summed E-state index contributed by atoms with van der Waals surface area (Å²) in [6.07, 6.45) is 3.20. The van der Waals surface area contributed by atoms with Gasteiger partial charge < -0.3 is 4.90 Å². The van der Waals surface area contributed by atoms with Gasteiger partial charge in [-0.2, -0.15) is 4.31 Å². The van der Waals surface area contributed by atoms with Gasteiger partial charge in [0.15, 0.2) is 0 Å². The van der Waals surface area contributed by atoms with Gasteiger partial charge in [0.05, 0.1) is 4.90 Å². The summed E-state index contributed by atoms with van der Waals surface area (Å²) in [7, 11) is -3.42. The lowest BCUT2D eigenvalue weighted by atomic mass is 10.1. The van der Waals surface area contributed by atoms with E-state index in [1.54, 1.807) is 10.4 Å². The molecule has 1 saturated heterocycles. The highest BCUT2D eigenvalue weighted by molar-refractivity contribution is 7.89. The van der Waals surface area contributed by atoms with E-state index in [1.165, 1.54) is 11.1 Å². The number of rotatable bonds is 3. The van der Waals surface area contributed by atoms with E-state index in [1.807, 2.05) is 30.3 Å². The number of aryl methyl sites for hydroxylation is 2. The van der Waals surface area contributed by atoms with Crippen molar-refractivity contribution in [1.82, 2.24) is 4.31 Å². The molecule has 2 aromatic rings. The Morgan fingerprint density at radius 1 is 0.960 bits per heavy atom. The monoisotopic (exact) mass is 356 g/mol. The molecule has 0 N–H and O–H groups in total. The highest BCUT2D eigenvalue weighted by Crippen LogP contribution is 2.28. The average Bonchev–Trinajstić information content (AvgIpc) is 3.10. The van der Waals surface area contributed by atoms with Gasteiger partial charge in [-0.25, -0.2) is 8.42 Å². The van der Waals surface area contributed by atoms with E-state index in [2.05, 4.69) is 24.0 Å². The predicted octanol–water partition coefficient (Wildman–Crippen LogP) is 3.07. The van der Waals surface area contributed by atoms with E-state index >= 15 is 0 Å². The van der Waals surface area contributed by atoms with E-state index in [0.29, 0.717) is 18.0 Å². The fourth-order valence-corrected chi connectivity index (χ4v) is 5.57. The normalized spacial score (nSPS) is 21.3. The first-order valence-corrected chi connectivity index (χ1v) is 10.4. The van der Waals surface area contributed by atoms with Crippen molar-refractivity contribution in [3.63, 3.8) is 0 Å². The number of fused-ring (bicyclic) bond motifs is 1. The van der Waals surface area contributed by atoms with Crippen LogP contribution in [0.2, 0.25) is 0 Å². The van der Waals surface area contributed by atoms with Crippen molar-refractivity contribution in [3.8, 4) is 0 Å².